The molecule has 0 saturated heterocycles. The third kappa shape index (κ3) is 1.68. The Morgan fingerprint density at radius 3 is 3.17 bits per heavy atom. The third-order valence-electron chi connectivity index (χ3n) is 3.66. The van der Waals surface area contributed by atoms with Crippen molar-refractivity contribution in [1.29, 1.82) is 0 Å². The number of amides is 1. The Bertz CT molecular complexity index is 615. The lowest BCUT2D eigenvalue weighted by molar-refractivity contribution is -0.121. The molecule has 3 rings (SSSR count). The maximum absolute atomic E-state index is 11.7. The average molecular weight is 243 g/mol. The summed E-state index contributed by atoms with van der Waals surface area (Å²) in [7, 11) is 0. The van der Waals surface area contributed by atoms with E-state index >= 15 is 0 Å². The first kappa shape index (κ1) is 11.3. The van der Waals surface area contributed by atoms with Crippen molar-refractivity contribution in [2.75, 3.05) is 0 Å². The molecule has 2 aromatic rings. The number of hydrogen-bond donors (Lipinski definition) is 1. The smallest absolute Gasteiger partial charge is 0.220 e. The molecule has 0 saturated carbocycles. The first-order valence-corrected chi connectivity index (χ1v) is 6.43. The van der Waals surface area contributed by atoms with Gasteiger partial charge in [0.2, 0.25) is 5.91 Å². The van der Waals surface area contributed by atoms with E-state index in [2.05, 4.69) is 46.9 Å². The molecule has 1 amide bonds. The van der Waals surface area contributed by atoms with Crippen LogP contribution in [0.15, 0.2) is 18.3 Å². The van der Waals surface area contributed by atoms with Crippen LogP contribution in [0.3, 0.4) is 0 Å². The Morgan fingerprint density at radius 2 is 2.39 bits per heavy atom. The van der Waals surface area contributed by atoms with E-state index < -0.39 is 0 Å². The van der Waals surface area contributed by atoms with Crippen LogP contribution < -0.4 is 5.32 Å². The van der Waals surface area contributed by atoms with Crippen molar-refractivity contribution in [1.82, 2.24) is 14.7 Å². The van der Waals surface area contributed by atoms with Crippen molar-refractivity contribution >= 4 is 11.6 Å². The molecule has 1 aliphatic heterocycles. The highest BCUT2D eigenvalue weighted by Gasteiger charge is 2.25. The predicted octanol–water partition coefficient (Wildman–Crippen LogP) is 2.16. The highest BCUT2D eigenvalue weighted by molar-refractivity contribution is 5.77. The highest BCUT2D eigenvalue weighted by atomic mass is 16.1. The molecule has 1 unspecified atom stereocenters. The molecule has 4 nitrogen and oxygen atoms in total. The van der Waals surface area contributed by atoms with Crippen LogP contribution in [0.25, 0.3) is 5.65 Å². The minimum absolute atomic E-state index is 0.126. The van der Waals surface area contributed by atoms with Gasteiger partial charge in [-0.2, -0.15) is 0 Å². The molecule has 1 atom stereocenters. The van der Waals surface area contributed by atoms with E-state index in [1.807, 2.05) is 0 Å². The summed E-state index contributed by atoms with van der Waals surface area (Å²) in [6.45, 7) is 4.74. The number of nitrogens with zero attached hydrogens (tertiary/aromatic N) is 2. The Morgan fingerprint density at radius 1 is 1.56 bits per heavy atom. The van der Waals surface area contributed by atoms with Gasteiger partial charge < -0.3 is 9.72 Å². The second kappa shape index (κ2) is 4.12. The van der Waals surface area contributed by atoms with E-state index in [-0.39, 0.29) is 11.8 Å². The largest absolute Gasteiger partial charge is 0.350 e. The van der Waals surface area contributed by atoms with Gasteiger partial charge in [0, 0.05) is 18.5 Å². The van der Waals surface area contributed by atoms with Crippen LogP contribution in [-0.4, -0.2) is 15.3 Å². The number of carbonyl (C=O) groups excluding carboxylic acids is 1. The first-order valence-electron chi connectivity index (χ1n) is 6.43. The summed E-state index contributed by atoms with van der Waals surface area (Å²) in [5.41, 5.74) is 4.40. The molecule has 1 N–H and O–H groups in total. The SMILES string of the molecule is CCC1CC(=O)NCc2nc3cc(C)ccn3c21. The number of rotatable bonds is 1. The van der Waals surface area contributed by atoms with Gasteiger partial charge in [0.25, 0.3) is 0 Å². The van der Waals surface area contributed by atoms with E-state index in [4.69, 9.17) is 0 Å². The monoisotopic (exact) mass is 243 g/mol. The number of imidazole rings is 1. The first-order chi connectivity index (χ1) is 8.69. The molecular weight excluding hydrogens is 226 g/mol. The van der Waals surface area contributed by atoms with Crippen molar-refractivity contribution in [3.8, 4) is 0 Å². The summed E-state index contributed by atoms with van der Waals surface area (Å²) < 4.78 is 2.14. The zero-order chi connectivity index (χ0) is 12.7. The van der Waals surface area contributed by atoms with E-state index in [0.29, 0.717) is 13.0 Å². The molecule has 2 aromatic heterocycles. The van der Waals surface area contributed by atoms with Crippen LogP contribution in [0.2, 0.25) is 0 Å². The lowest BCUT2D eigenvalue weighted by atomic mass is 9.97. The van der Waals surface area contributed by atoms with E-state index in [1.54, 1.807) is 0 Å². The fourth-order valence-electron chi connectivity index (χ4n) is 2.69. The van der Waals surface area contributed by atoms with Gasteiger partial charge in [-0.3, -0.25) is 4.79 Å². The van der Waals surface area contributed by atoms with Crippen LogP contribution in [0.5, 0.6) is 0 Å². The van der Waals surface area contributed by atoms with E-state index in [9.17, 15) is 4.79 Å². The molecule has 4 heteroatoms. The maximum atomic E-state index is 11.7. The minimum Gasteiger partial charge on any atom is -0.350 e. The Balaban J connectivity index is 2.22. The van der Waals surface area contributed by atoms with Gasteiger partial charge in [-0.05, 0) is 31.0 Å². The van der Waals surface area contributed by atoms with Gasteiger partial charge in [0.15, 0.2) is 0 Å². The number of hydrogen-bond acceptors (Lipinski definition) is 2. The molecule has 0 aromatic carbocycles. The van der Waals surface area contributed by atoms with E-state index in [0.717, 1.165) is 17.8 Å². The summed E-state index contributed by atoms with van der Waals surface area (Å²) in [4.78, 5) is 16.3. The maximum Gasteiger partial charge on any atom is 0.220 e. The molecule has 0 bridgehead atoms. The zero-order valence-corrected chi connectivity index (χ0v) is 10.7. The molecule has 1 aliphatic rings. The average Bonchev–Trinajstić information content (AvgIpc) is 2.62. The standard InChI is InChI=1S/C14H17N3O/c1-3-10-7-13(18)15-8-11-14(10)17-5-4-9(2)6-12(17)16-11/h4-6,10H,3,7-8H2,1-2H3,(H,15,18). The molecular formula is C14H17N3O. The summed E-state index contributed by atoms with van der Waals surface area (Å²) in [6.07, 6.45) is 3.59. The Hall–Kier alpha value is -1.84. The molecule has 3 heterocycles. The number of pyridine rings is 1. The predicted molar refractivity (Wildman–Crippen MR) is 69.4 cm³/mol. The fourth-order valence-corrected chi connectivity index (χ4v) is 2.69. The summed E-state index contributed by atoms with van der Waals surface area (Å²) in [5, 5.41) is 2.93. The van der Waals surface area contributed by atoms with Crippen LogP contribution in [-0.2, 0) is 11.3 Å². The number of nitrogens with one attached hydrogen (secondary N) is 1. The third-order valence-corrected chi connectivity index (χ3v) is 3.66. The summed E-state index contributed by atoms with van der Waals surface area (Å²) in [5.74, 6) is 0.390. The van der Waals surface area contributed by atoms with Crippen molar-refractivity contribution in [2.24, 2.45) is 0 Å². The Labute approximate surface area is 106 Å². The van der Waals surface area contributed by atoms with Crippen molar-refractivity contribution in [3.63, 3.8) is 0 Å². The van der Waals surface area contributed by atoms with Crippen molar-refractivity contribution in [2.45, 2.75) is 39.2 Å². The second-order valence-electron chi connectivity index (χ2n) is 4.96. The van der Waals surface area contributed by atoms with Crippen molar-refractivity contribution in [3.05, 3.63) is 35.3 Å². The van der Waals surface area contributed by atoms with Gasteiger partial charge in [0.1, 0.15) is 5.65 Å². The van der Waals surface area contributed by atoms with Gasteiger partial charge in [0.05, 0.1) is 17.9 Å². The molecule has 0 radical (unpaired) electrons. The lowest BCUT2D eigenvalue weighted by Gasteiger charge is -2.12. The van der Waals surface area contributed by atoms with Crippen molar-refractivity contribution < 1.29 is 4.79 Å². The fraction of sp³-hybridized carbons (Fsp3) is 0.429. The molecule has 0 spiro atoms. The number of aromatic nitrogens is 2. The number of fused-ring (bicyclic) bond motifs is 3. The van der Waals surface area contributed by atoms with Gasteiger partial charge in [-0.1, -0.05) is 6.92 Å². The second-order valence-corrected chi connectivity index (χ2v) is 4.96. The van der Waals surface area contributed by atoms with Crippen LogP contribution >= 0.6 is 0 Å². The van der Waals surface area contributed by atoms with E-state index in [1.165, 1.54) is 11.3 Å². The number of aryl methyl sites for hydroxylation is 1. The zero-order valence-electron chi connectivity index (χ0n) is 10.7. The molecule has 0 fully saturated rings. The minimum atomic E-state index is 0.126. The van der Waals surface area contributed by atoms with Crippen LogP contribution in [0, 0.1) is 6.92 Å². The summed E-state index contributed by atoms with van der Waals surface area (Å²) in [6, 6.07) is 4.17. The Kier molecular flexibility index (Phi) is 2.58. The highest BCUT2D eigenvalue weighted by Crippen LogP contribution is 2.29. The van der Waals surface area contributed by atoms with Gasteiger partial charge in [-0.25, -0.2) is 4.98 Å². The van der Waals surface area contributed by atoms with Crippen LogP contribution in [0.4, 0.5) is 0 Å². The summed E-state index contributed by atoms with van der Waals surface area (Å²) >= 11 is 0. The van der Waals surface area contributed by atoms with Gasteiger partial charge >= 0.3 is 0 Å². The van der Waals surface area contributed by atoms with Crippen LogP contribution in [0.1, 0.15) is 42.6 Å². The normalized spacial score (nSPS) is 19.4. The lowest BCUT2D eigenvalue weighted by Crippen LogP contribution is -2.21. The molecule has 18 heavy (non-hydrogen) atoms. The quantitative estimate of drug-likeness (QED) is 0.834. The molecule has 0 aliphatic carbocycles. The van der Waals surface area contributed by atoms with Gasteiger partial charge in [-0.15, -0.1) is 0 Å². The molecule has 94 valence electrons. The topological polar surface area (TPSA) is 46.4 Å². The number of carbonyl (C=O) groups is 1.